The lowest BCUT2D eigenvalue weighted by Crippen LogP contribution is -2.07. The van der Waals surface area contributed by atoms with E-state index in [9.17, 15) is 23.1 Å². The van der Waals surface area contributed by atoms with E-state index in [4.69, 9.17) is 4.42 Å². The van der Waals surface area contributed by atoms with Crippen LogP contribution < -0.4 is 5.43 Å². The Labute approximate surface area is 128 Å². The molecule has 3 nitrogen and oxygen atoms in total. The molecular formula is C17H11F3O3. The van der Waals surface area contributed by atoms with Crippen LogP contribution in [-0.2, 0) is 6.18 Å². The van der Waals surface area contributed by atoms with Gasteiger partial charge in [-0.1, -0.05) is 12.1 Å². The molecular weight excluding hydrogens is 309 g/mol. The summed E-state index contributed by atoms with van der Waals surface area (Å²) in [7, 11) is 0. The van der Waals surface area contributed by atoms with E-state index in [2.05, 4.69) is 0 Å². The van der Waals surface area contributed by atoms with Crippen LogP contribution in [0.1, 0.15) is 11.1 Å². The van der Waals surface area contributed by atoms with Crippen molar-refractivity contribution in [3.05, 3.63) is 63.8 Å². The van der Waals surface area contributed by atoms with Gasteiger partial charge in [-0.25, -0.2) is 0 Å². The average molecular weight is 320 g/mol. The predicted octanol–water partition coefficient (Wildman–Crippen LogP) is 4.49. The molecule has 2 aromatic carbocycles. The van der Waals surface area contributed by atoms with E-state index in [-0.39, 0.29) is 22.5 Å². The molecule has 23 heavy (non-hydrogen) atoms. The smallest absolute Gasteiger partial charge is 0.416 e. The van der Waals surface area contributed by atoms with Gasteiger partial charge in [-0.05, 0) is 31.2 Å². The van der Waals surface area contributed by atoms with Crippen molar-refractivity contribution in [1.29, 1.82) is 0 Å². The number of aromatic hydroxyl groups is 1. The molecule has 0 unspecified atom stereocenters. The van der Waals surface area contributed by atoms with Crippen molar-refractivity contribution < 1.29 is 22.7 Å². The number of phenolic OH excluding ortho intramolecular Hbond substituents is 1. The summed E-state index contributed by atoms with van der Waals surface area (Å²) in [6.45, 7) is 1.55. The van der Waals surface area contributed by atoms with Gasteiger partial charge in [0.25, 0.3) is 0 Å². The molecule has 0 radical (unpaired) electrons. The summed E-state index contributed by atoms with van der Waals surface area (Å²) in [5, 5.41) is 9.79. The normalized spacial score (nSPS) is 11.8. The second-order valence-electron chi connectivity index (χ2n) is 5.14. The predicted molar refractivity (Wildman–Crippen MR) is 79.3 cm³/mol. The van der Waals surface area contributed by atoms with Crippen molar-refractivity contribution >= 4 is 11.0 Å². The molecule has 0 saturated carbocycles. The van der Waals surface area contributed by atoms with Gasteiger partial charge in [0.05, 0.1) is 10.9 Å². The summed E-state index contributed by atoms with van der Waals surface area (Å²) < 4.78 is 43.5. The number of halogens is 3. The summed E-state index contributed by atoms with van der Waals surface area (Å²) in [6, 6.07) is 8.48. The van der Waals surface area contributed by atoms with Crippen LogP contribution in [0.4, 0.5) is 13.2 Å². The summed E-state index contributed by atoms with van der Waals surface area (Å²) in [4.78, 5) is 12.3. The van der Waals surface area contributed by atoms with Crippen molar-refractivity contribution in [3.8, 4) is 17.1 Å². The topological polar surface area (TPSA) is 50.4 Å². The van der Waals surface area contributed by atoms with Gasteiger partial charge >= 0.3 is 6.18 Å². The first-order chi connectivity index (χ1) is 10.8. The van der Waals surface area contributed by atoms with E-state index in [1.54, 1.807) is 6.92 Å². The van der Waals surface area contributed by atoms with Crippen LogP contribution in [-0.4, -0.2) is 5.11 Å². The Morgan fingerprint density at radius 1 is 1.04 bits per heavy atom. The van der Waals surface area contributed by atoms with Gasteiger partial charge in [0.15, 0.2) is 5.43 Å². The third-order valence-electron chi connectivity index (χ3n) is 3.58. The molecule has 0 amide bonds. The molecule has 0 aliphatic rings. The minimum Gasteiger partial charge on any atom is -0.508 e. The number of alkyl halides is 3. The van der Waals surface area contributed by atoms with E-state index in [0.29, 0.717) is 16.5 Å². The van der Waals surface area contributed by atoms with Crippen LogP contribution in [0.15, 0.2) is 51.7 Å². The Balaban J connectivity index is 2.20. The highest BCUT2D eigenvalue weighted by molar-refractivity contribution is 5.81. The molecule has 1 aromatic heterocycles. The Kier molecular flexibility index (Phi) is 3.39. The summed E-state index contributed by atoms with van der Waals surface area (Å²) in [5.74, 6) is 0.115. The van der Waals surface area contributed by atoms with Crippen LogP contribution in [0.5, 0.6) is 5.75 Å². The molecule has 1 heterocycles. The van der Waals surface area contributed by atoms with Gasteiger partial charge in [-0.3, -0.25) is 4.79 Å². The van der Waals surface area contributed by atoms with Crippen molar-refractivity contribution in [1.82, 2.24) is 0 Å². The Bertz CT molecular complexity index is 938. The Morgan fingerprint density at radius 3 is 2.30 bits per heavy atom. The van der Waals surface area contributed by atoms with E-state index < -0.39 is 11.7 Å². The largest absolute Gasteiger partial charge is 0.508 e. The molecule has 0 aliphatic carbocycles. The molecule has 3 aromatic rings. The minimum atomic E-state index is -4.43. The Morgan fingerprint density at radius 2 is 1.70 bits per heavy atom. The quantitative estimate of drug-likeness (QED) is 0.718. The molecule has 118 valence electrons. The maximum atomic E-state index is 12.6. The van der Waals surface area contributed by atoms with Crippen LogP contribution in [0.2, 0.25) is 0 Å². The number of phenols is 1. The maximum Gasteiger partial charge on any atom is 0.416 e. The molecule has 0 bridgehead atoms. The summed E-state index contributed by atoms with van der Waals surface area (Å²) >= 11 is 0. The highest BCUT2D eigenvalue weighted by Gasteiger charge is 2.30. The highest BCUT2D eigenvalue weighted by Crippen LogP contribution is 2.32. The van der Waals surface area contributed by atoms with Crippen molar-refractivity contribution in [3.63, 3.8) is 0 Å². The van der Waals surface area contributed by atoms with Crippen LogP contribution in [0, 0.1) is 6.92 Å². The highest BCUT2D eigenvalue weighted by atomic mass is 19.4. The Hall–Kier alpha value is -2.76. The molecule has 3 rings (SSSR count). The zero-order chi connectivity index (χ0) is 16.8. The van der Waals surface area contributed by atoms with Crippen LogP contribution in [0.25, 0.3) is 22.3 Å². The minimum absolute atomic E-state index is 0.0668. The van der Waals surface area contributed by atoms with E-state index in [0.717, 1.165) is 12.1 Å². The maximum absolute atomic E-state index is 12.6. The second-order valence-corrected chi connectivity index (χ2v) is 5.14. The van der Waals surface area contributed by atoms with Gasteiger partial charge in [0.1, 0.15) is 17.1 Å². The first kappa shape index (κ1) is 15.1. The zero-order valence-corrected chi connectivity index (χ0v) is 11.9. The molecule has 0 atom stereocenters. The lowest BCUT2D eigenvalue weighted by Gasteiger charge is -2.10. The van der Waals surface area contributed by atoms with E-state index in [1.165, 1.54) is 30.3 Å². The number of benzene rings is 2. The third kappa shape index (κ3) is 2.67. The van der Waals surface area contributed by atoms with Crippen molar-refractivity contribution in [2.24, 2.45) is 0 Å². The average Bonchev–Trinajstić information content (AvgIpc) is 2.50. The number of fused-ring (bicyclic) bond motifs is 1. The lowest BCUT2D eigenvalue weighted by atomic mass is 10.0. The number of rotatable bonds is 1. The molecule has 0 aliphatic heterocycles. The number of hydrogen-bond acceptors (Lipinski definition) is 3. The first-order valence-corrected chi connectivity index (χ1v) is 6.71. The van der Waals surface area contributed by atoms with Gasteiger partial charge in [0, 0.05) is 17.2 Å². The van der Waals surface area contributed by atoms with Crippen molar-refractivity contribution in [2.45, 2.75) is 13.1 Å². The third-order valence-corrected chi connectivity index (χ3v) is 3.58. The zero-order valence-electron chi connectivity index (χ0n) is 11.9. The van der Waals surface area contributed by atoms with E-state index >= 15 is 0 Å². The fourth-order valence-corrected chi connectivity index (χ4v) is 2.36. The summed E-state index contributed by atoms with van der Waals surface area (Å²) in [6.07, 6.45) is -4.43. The first-order valence-electron chi connectivity index (χ1n) is 6.71. The number of hydrogen-bond donors (Lipinski definition) is 1. The van der Waals surface area contributed by atoms with E-state index in [1.807, 2.05) is 0 Å². The van der Waals surface area contributed by atoms with Gasteiger partial charge in [0.2, 0.25) is 0 Å². The molecule has 1 N–H and O–H groups in total. The fourth-order valence-electron chi connectivity index (χ4n) is 2.36. The SMILES string of the molecule is Cc1c(-c2ccc(C(F)(F)F)cc2)oc2cc(O)ccc2c1=O. The fraction of sp³-hybridized carbons (Fsp3) is 0.118. The van der Waals surface area contributed by atoms with Gasteiger partial charge < -0.3 is 9.52 Å². The molecule has 0 fully saturated rings. The van der Waals surface area contributed by atoms with Gasteiger partial charge in [-0.2, -0.15) is 13.2 Å². The monoisotopic (exact) mass is 320 g/mol. The van der Waals surface area contributed by atoms with Crippen molar-refractivity contribution in [2.75, 3.05) is 0 Å². The molecule has 0 saturated heterocycles. The molecule has 0 spiro atoms. The van der Waals surface area contributed by atoms with Gasteiger partial charge in [-0.15, -0.1) is 0 Å². The standard InChI is InChI=1S/C17H11F3O3/c1-9-15(22)13-7-6-12(21)8-14(13)23-16(9)10-2-4-11(5-3-10)17(18,19)20/h2-8,21H,1H3. The van der Waals surface area contributed by atoms with Crippen LogP contribution in [0.3, 0.4) is 0 Å². The van der Waals surface area contributed by atoms with Crippen LogP contribution >= 0.6 is 0 Å². The molecule has 6 heteroatoms. The second kappa shape index (κ2) is 5.15. The summed E-state index contributed by atoms with van der Waals surface area (Å²) in [5.41, 5.74) is -0.239. The lowest BCUT2D eigenvalue weighted by molar-refractivity contribution is -0.137.